The molecule has 1 amide bonds. The molecular weight excluding hydrogens is 382 g/mol. The predicted octanol–water partition coefficient (Wildman–Crippen LogP) is 1.98. The predicted molar refractivity (Wildman–Crippen MR) is 117 cm³/mol. The van der Waals surface area contributed by atoms with E-state index in [1.165, 1.54) is 27.8 Å². The van der Waals surface area contributed by atoms with Crippen LogP contribution >= 0.6 is 11.8 Å². The van der Waals surface area contributed by atoms with Crippen LogP contribution in [0.25, 0.3) is 5.69 Å². The summed E-state index contributed by atoms with van der Waals surface area (Å²) in [6, 6.07) is 18.7. The van der Waals surface area contributed by atoms with Crippen LogP contribution in [-0.4, -0.2) is 47.1 Å². The summed E-state index contributed by atoms with van der Waals surface area (Å²) in [5.74, 6) is 1.10. The molecule has 0 aliphatic carbocycles. The Kier molecular flexibility index (Phi) is 7.06. The summed E-state index contributed by atoms with van der Waals surface area (Å²) in [6.45, 7) is 4.57. The van der Waals surface area contributed by atoms with Crippen LogP contribution in [0.2, 0.25) is 0 Å². The Morgan fingerprint density at radius 2 is 1.76 bits per heavy atom. The average Bonchev–Trinajstić information content (AvgIpc) is 3.08. The lowest BCUT2D eigenvalue weighted by Crippen LogP contribution is -3.07. The van der Waals surface area contributed by atoms with Crippen molar-refractivity contribution in [3.05, 3.63) is 71.5 Å². The van der Waals surface area contributed by atoms with Crippen LogP contribution in [0.1, 0.15) is 23.0 Å². The number of likely N-dealkylation sites (N-methyl/N-ethyl adjacent to an activating group) is 1. The van der Waals surface area contributed by atoms with Gasteiger partial charge in [0.05, 0.1) is 26.4 Å². The van der Waals surface area contributed by atoms with Crippen LogP contribution in [0.3, 0.4) is 0 Å². The van der Waals surface area contributed by atoms with Crippen molar-refractivity contribution in [2.45, 2.75) is 25.0 Å². The van der Waals surface area contributed by atoms with E-state index < -0.39 is 0 Å². The van der Waals surface area contributed by atoms with Gasteiger partial charge in [-0.2, -0.15) is 0 Å². The van der Waals surface area contributed by atoms with Gasteiger partial charge in [-0.05, 0) is 26.0 Å². The minimum absolute atomic E-state index is 0.00621. The first-order valence-corrected chi connectivity index (χ1v) is 10.7. The molecule has 2 N–H and O–H groups in total. The second-order valence-electron chi connectivity index (χ2n) is 7.33. The maximum atomic E-state index is 12.5. The second kappa shape index (κ2) is 9.71. The van der Waals surface area contributed by atoms with Crippen LogP contribution in [0, 0.1) is 13.8 Å². The number of quaternary nitrogens is 1. The fourth-order valence-electron chi connectivity index (χ4n) is 3.17. The smallest absolute Gasteiger partial charge is 0.230 e. The number of carbonyl (C=O) groups excluding carboxylic acids is 1. The van der Waals surface area contributed by atoms with Gasteiger partial charge >= 0.3 is 0 Å². The summed E-state index contributed by atoms with van der Waals surface area (Å²) < 4.78 is 1.98. The largest absolute Gasteiger partial charge is 0.349 e. The molecule has 0 spiro atoms. The van der Waals surface area contributed by atoms with Crippen molar-refractivity contribution in [3.8, 4) is 5.69 Å². The van der Waals surface area contributed by atoms with Gasteiger partial charge in [-0.25, -0.2) is 0 Å². The van der Waals surface area contributed by atoms with Crippen molar-refractivity contribution in [1.29, 1.82) is 0 Å². The number of hydrogen-bond donors (Lipinski definition) is 2. The fourth-order valence-corrected chi connectivity index (χ4v) is 3.99. The highest BCUT2D eigenvalue weighted by atomic mass is 32.2. The van der Waals surface area contributed by atoms with E-state index >= 15 is 0 Å². The molecule has 3 aromatic rings. The molecule has 0 radical (unpaired) electrons. The Hall–Kier alpha value is -2.64. The first kappa shape index (κ1) is 21.1. The maximum Gasteiger partial charge on any atom is 0.230 e. The maximum absolute atomic E-state index is 12.5. The van der Waals surface area contributed by atoms with E-state index in [-0.39, 0.29) is 11.9 Å². The molecule has 7 heteroatoms. The number of aromatic nitrogens is 3. The lowest BCUT2D eigenvalue weighted by atomic mass is 10.1. The Labute approximate surface area is 176 Å². The number of aryl methyl sites for hydroxylation is 2. The first-order valence-electron chi connectivity index (χ1n) is 9.69. The average molecular weight is 411 g/mol. The minimum Gasteiger partial charge on any atom is -0.349 e. The molecule has 2 aromatic carbocycles. The zero-order valence-electron chi connectivity index (χ0n) is 17.3. The lowest BCUT2D eigenvalue weighted by Gasteiger charge is -2.22. The van der Waals surface area contributed by atoms with Crippen molar-refractivity contribution in [3.63, 3.8) is 0 Å². The molecule has 6 nitrogen and oxygen atoms in total. The van der Waals surface area contributed by atoms with Crippen molar-refractivity contribution in [2.75, 3.05) is 26.4 Å². The van der Waals surface area contributed by atoms with Gasteiger partial charge in [0.25, 0.3) is 0 Å². The highest BCUT2D eigenvalue weighted by Crippen LogP contribution is 2.22. The summed E-state index contributed by atoms with van der Waals surface area (Å²) in [6.07, 6.45) is 0. The van der Waals surface area contributed by atoms with Crippen molar-refractivity contribution in [1.82, 2.24) is 20.1 Å². The minimum atomic E-state index is -0.00621. The summed E-state index contributed by atoms with van der Waals surface area (Å²) in [7, 11) is 4.21. The molecule has 0 unspecified atom stereocenters. The van der Waals surface area contributed by atoms with Gasteiger partial charge in [-0.3, -0.25) is 9.36 Å². The topological polar surface area (TPSA) is 64.2 Å². The zero-order valence-corrected chi connectivity index (χ0v) is 18.2. The van der Waals surface area contributed by atoms with Crippen LogP contribution in [-0.2, 0) is 4.79 Å². The van der Waals surface area contributed by atoms with Gasteiger partial charge in [-0.15, -0.1) is 10.2 Å². The third kappa shape index (κ3) is 5.46. The SMILES string of the molecule is Cc1ccc(-n2c(C)nnc2SCC(=O)NC[C@@H](c2ccccc2)[NH+](C)C)cc1. The Morgan fingerprint density at radius 3 is 2.41 bits per heavy atom. The van der Waals surface area contributed by atoms with Crippen molar-refractivity contribution < 1.29 is 9.69 Å². The number of benzene rings is 2. The number of nitrogens with one attached hydrogen (secondary N) is 2. The zero-order chi connectivity index (χ0) is 20.8. The summed E-state index contributed by atoms with van der Waals surface area (Å²) >= 11 is 1.40. The number of amides is 1. The summed E-state index contributed by atoms with van der Waals surface area (Å²) in [4.78, 5) is 13.8. The molecule has 0 saturated carbocycles. The summed E-state index contributed by atoms with van der Waals surface area (Å²) in [5, 5.41) is 12.2. The lowest BCUT2D eigenvalue weighted by molar-refractivity contribution is -0.890. The number of carbonyl (C=O) groups is 1. The molecule has 0 fully saturated rings. The van der Waals surface area contributed by atoms with E-state index in [0.29, 0.717) is 12.3 Å². The molecule has 152 valence electrons. The number of rotatable bonds is 8. The van der Waals surface area contributed by atoms with E-state index in [4.69, 9.17) is 0 Å². The van der Waals surface area contributed by atoms with E-state index in [9.17, 15) is 4.79 Å². The molecule has 1 heterocycles. The van der Waals surface area contributed by atoms with Crippen LogP contribution in [0.4, 0.5) is 0 Å². The molecule has 0 aliphatic rings. The highest BCUT2D eigenvalue weighted by molar-refractivity contribution is 7.99. The second-order valence-corrected chi connectivity index (χ2v) is 8.28. The molecule has 1 aromatic heterocycles. The van der Waals surface area contributed by atoms with Crippen molar-refractivity contribution >= 4 is 17.7 Å². The van der Waals surface area contributed by atoms with Crippen LogP contribution in [0.15, 0.2) is 59.8 Å². The van der Waals surface area contributed by atoms with E-state index in [2.05, 4.69) is 60.8 Å². The van der Waals surface area contributed by atoms with E-state index in [0.717, 1.165) is 16.7 Å². The Bertz CT molecular complexity index is 938. The normalized spacial score (nSPS) is 12.2. The van der Waals surface area contributed by atoms with Gasteiger partial charge < -0.3 is 10.2 Å². The molecule has 0 aliphatic heterocycles. The first-order chi connectivity index (χ1) is 14.0. The molecule has 29 heavy (non-hydrogen) atoms. The van der Waals surface area contributed by atoms with E-state index in [1.54, 1.807) is 0 Å². The van der Waals surface area contributed by atoms with Gasteiger partial charge in [0.15, 0.2) is 5.16 Å². The van der Waals surface area contributed by atoms with Gasteiger partial charge in [0.1, 0.15) is 11.9 Å². The van der Waals surface area contributed by atoms with Gasteiger partial charge in [0, 0.05) is 11.3 Å². The van der Waals surface area contributed by atoms with Crippen molar-refractivity contribution in [2.24, 2.45) is 0 Å². The van der Waals surface area contributed by atoms with Gasteiger partial charge in [0.2, 0.25) is 5.91 Å². The molecule has 3 rings (SSSR count). The van der Waals surface area contributed by atoms with Crippen LogP contribution in [0.5, 0.6) is 0 Å². The van der Waals surface area contributed by atoms with Crippen LogP contribution < -0.4 is 10.2 Å². The van der Waals surface area contributed by atoms with Gasteiger partial charge in [-0.1, -0.05) is 59.8 Å². The number of hydrogen-bond acceptors (Lipinski definition) is 4. The molecule has 0 saturated heterocycles. The third-order valence-electron chi connectivity index (χ3n) is 4.82. The quantitative estimate of drug-likeness (QED) is 0.558. The Morgan fingerprint density at radius 1 is 1.07 bits per heavy atom. The number of thioether (sulfide) groups is 1. The standard InChI is InChI=1S/C22H27N5OS/c1-16-10-12-19(13-11-16)27-17(2)24-25-22(27)29-15-21(28)23-14-20(26(3)4)18-8-6-5-7-9-18/h5-13,20H,14-15H2,1-4H3,(H,23,28)/p+1/t20-/m0/s1. The molecule has 1 atom stereocenters. The number of nitrogens with zero attached hydrogens (tertiary/aromatic N) is 3. The third-order valence-corrected chi connectivity index (χ3v) is 5.75. The monoisotopic (exact) mass is 410 g/mol. The fraction of sp³-hybridized carbons (Fsp3) is 0.318. The Balaban J connectivity index is 1.61. The van der Waals surface area contributed by atoms with E-state index in [1.807, 2.05) is 41.8 Å². The highest BCUT2D eigenvalue weighted by Gasteiger charge is 2.19. The molecular formula is C22H28N5OS+. The summed E-state index contributed by atoms with van der Waals surface area (Å²) in [5.41, 5.74) is 3.42. The molecule has 0 bridgehead atoms.